The molecule has 0 aromatic heterocycles. The summed E-state index contributed by atoms with van der Waals surface area (Å²) in [7, 11) is 0. The number of hydrogen-bond acceptors (Lipinski definition) is 2. The van der Waals surface area contributed by atoms with Crippen LogP contribution in [0.15, 0.2) is 60.7 Å². The summed E-state index contributed by atoms with van der Waals surface area (Å²) in [5, 5.41) is 0. The van der Waals surface area contributed by atoms with Crippen LogP contribution in [0.25, 0.3) is 0 Å². The highest BCUT2D eigenvalue weighted by Crippen LogP contribution is 2.33. The Hall–Kier alpha value is -2.13. The van der Waals surface area contributed by atoms with Gasteiger partial charge in [0, 0.05) is 6.42 Å². The predicted molar refractivity (Wildman–Crippen MR) is 107 cm³/mol. The Bertz CT molecular complexity index is 624. The molecule has 1 saturated heterocycles. The monoisotopic (exact) mass is 350 g/mol. The van der Waals surface area contributed by atoms with E-state index in [9.17, 15) is 4.79 Å². The van der Waals surface area contributed by atoms with E-state index in [4.69, 9.17) is 5.73 Å². The van der Waals surface area contributed by atoms with Crippen LogP contribution in [-0.4, -0.2) is 23.9 Å². The lowest BCUT2D eigenvalue weighted by Crippen LogP contribution is -2.37. The number of likely N-dealkylation sites (tertiary alicyclic amines) is 1. The number of nitrogens with zero attached hydrogens (tertiary/aromatic N) is 1. The second kappa shape index (κ2) is 9.54. The van der Waals surface area contributed by atoms with Crippen molar-refractivity contribution in [2.75, 3.05) is 13.1 Å². The maximum Gasteiger partial charge on any atom is 0.217 e. The summed E-state index contributed by atoms with van der Waals surface area (Å²) >= 11 is 0. The first-order chi connectivity index (χ1) is 12.7. The van der Waals surface area contributed by atoms with Crippen LogP contribution in [0.1, 0.15) is 55.7 Å². The standard InChI is InChI=1S/C23H30N2O/c24-22(26)14-8-7-9-19-15-17-25(18-16-19)23(20-10-3-1-4-11-20)21-12-5-2-6-13-21/h1-6,10-13,19,23H,7-9,14-18H2,(H2,24,26). The van der Waals surface area contributed by atoms with Gasteiger partial charge in [-0.25, -0.2) is 0 Å². The highest BCUT2D eigenvalue weighted by Gasteiger charge is 2.26. The summed E-state index contributed by atoms with van der Waals surface area (Å²) in [5.41, 5.74) is 7.98. The van der Waals surface area contributed by atoms with Crippen LogP contribution in [0.3, 0.4) is 0 Å². The number of carbonyl (C=O) groups excluding carboxylic acids is 1. The number of nitrogens with two attached hydrogens (primary N) is 1. The van der Waals surface area contributed by atoms with E-state index in [-0.39, 0.29) is 5.91 Å². The maximum absolute atomic E-state index is 10.9. The number of benzene rings is 2. The van der Waals surface area contributed by atoms with Crippen LogP contribution in [0, 0.1) is 5.92 Å². The number of carbonyl (C=O) groups is 1. The van der Waals surface area contributed by atoms with Crippen molar-refractivity contribution < 1.29 is 4.79 Å². The molecule has 1 fully saturated rings. The van der Waals surface area contributed by atoms with E-state index in [1.807, 2.05) is 0 Å². The van der Waals surface area contributed by atoms with Gasteiger partial charge in [0.1, 0.15) is 0 Å². The molecule has 1 aliphatic rings. The van der Waals surface area contributed by atoms with Crippen LogP contribution in [0.4, 0.5) is 0 Å². The molecule has 0 saturated carbocycles. The number of piperidine rings is 1. The van der Waals surface area contributed by atoms with Gasteiger partial charge in [-0.05, 0) is 49.4 Å². The summed E-state index contributed by atoms with van der Waals surface area (Å²) in [4.78, 5) is 13.5. The van der Waals surface area contributed by atoms with Gasteiger partial charge in [0.25, 0.3) is 0 Å². The second-order valence-electron chi connectivity index (χ2n) is 7.42. The van der Waals surface area contributed by atoms with Crippen LogP contribution in [0.5, 0.6) is 0 Å². The fourth-order valence-electron chi connectivity index (χ4n) is 4.12. The van der Waals surface area contributed by atoms with Crippen LogP contribution in [-0.2, 0) is 4.79 Å². The lowest BCUT2D eigenvalue weighted by atomic mass is 9.88. The molecule has 3 heteroatoms. The lowest BCUT2D eigenvalue weighted by molar-refractivity contribution is -0.118. The van der Waals surface area contributed by atoms with Gasteiger partial charge in [0.2, 0.25) is 5.91 Å². The summed E-state index contributed by atoms with van der Waals surface area (Å²) < 4.78 is 0. The average Bonchev–Trinajstić information content (AvgIpc) is 2.68. The highest BCUT2D eigenvalue weighted by atomic mass is 16.1. The molecule has 2 N–H and O–H groups in total. The molecule has 0 bridgehead atoms. The predicted octanol–water partition coefficient (Wildman–Crippen LogP) is 4.53. The molecule has 0 spiro atoms. The lowest BCUT2D eigenvalue weighted by Gasteiger charge is -2.38. The number of primary amides is 1. The van der Waals surface area contributed by atoms with Gasteiger partial charge in [-0.1, -0.05) is 73.5 Å². The van der Waals surface area contributed by atoms with Crippen molar-refractivity contribution in [3.8, 4) is 0 Å². The van der Waals surface area contributed by atoms with Gasteiger partial charge in [-0.2, -0.15) is 0 Å². The molecular formula is C23H30N2O. The van der Waals surface area contributed by atoms with Crippen LogP contribution >= 0.6 is 0 Å². The zero-order chi connectivity index (χ0) is 18.2. The molecule has 3 nitrogen and oxygen atoms in total. The topological polar surface area (TPSA) is 46.3 Å². The SMILES string of the molecule is NC(=O)CCCCC1CCN(C(c2ccccc2)c2ccccc2)CC1. The molecule has 2 aromatic carbocycles. The van der Waals surface area contributed by atoms with Crippen molar-refractivity contribution in [3.63, 3.8) is 0 Å². The zero-order valence-electron chi connectivity index (χ0n) is 15.5. The molecule has 0 aliphatic carbocycles. The van der Waals surface area contributed by atoms with Crippen LogP contribution in [0.2, 0.25) is 0 Å². The maximum atomic E-state index is 10.9. The van der Waals surface area contributed by atoms with Gasteiger partial charge in [-0.3, -0.25) is 9.69 Å². The minimum absolute atomic E-state index is 0.173. The third kappa shape index (κ3) is 5.18. The van der Waals surface area contributed by atoms with Crippen molar-refractivity contribution >= 4 is 5.91 Å². The summed E-state index contributed by atoms with van der Waals surface area (Å²) in [6, 6.07) is 22.0. The van der Waals surface area contributed by atoms with Gasteiger partial charge in [-0.15, -0.1) is 0 Å². The Balaban J connectivity index is 1.60. The molecule has 26 heavy (non-hydrogen) atoms. The first-order valence-corrected chi connectivity index (χ1v) is 9.86. The molecule has 0 radical (unpaired) electrons. The van der Waals surface area contributed by atoms with Crippen LogP contribution < -0.4 is 5.73 Å². The third-order valence-electron chi connectivity index (χ3n) is 5.53. The zero-order valence-corrected chi connectivity index (χ0v) is 15.5. The molecule has 1 heterocycles. The second-order valence-corrected chi connectivity index (χ2v) is 7.42. The van der Waals surface area contributed by atoms with E-state index < -0.39 is 0 Å². The number of hydrogen-bond donors (Lipinski definition) is 1. The van der Waals surface area contributed by atoms with E-state index in [0.717, 1.165) is 31.8 Å². The molecule has 1 amide bonds. The van der Waals surface area contributed by atoms with Gasteiger partial charge in [0.05, 0.1) is 6.04 Å². The van der Waals surface area contributed by atoms with E-state index in [1.165, 1.54) is 30.4 Å². The van der Waals surface area contributed by atoms with Crippen molar-refractivity contribution in [3.05, 3.63) is 71.8 Å². The Morgan fingerprint density at radius 3 is 1.96 bits per heavy atom. The average molecular weight is 351 g/mol. The normalized spacial score (nSPS) is 16.0. The molecule has 0 atom stereocenters. The van der Waals surface area contributed by atoms with Crippen molar-refractivity contribution in [2.24, 2.45) is 11.7 Å². The fraction of sp³-hybridized carbons (Fsp3) is 0.435. The first-order valence-electron chi connectivity index (χ1n) is 9.86. The summed E-state index contributed by atoms with van der Waals surface area (Å²) in [6.45, 7) is 2.27. The van der Waals surface area contributed by atoms with E-state index in [0.29, 0.717) is 12.5 Å². The van der Waals surface area contributed by atoms with Crippen molar-refractivity contribution in [2.45, 2.75) is 44.6 Å². The quantitative estimate of drug-likeness (QED) is 0.711. The third-order valence-corrected chi connectivity index (χ3v) is 5.53. The van der Waals surface area contributed by atoms with E-state index in [2.05, 4.69) is 65.6 Å². The Kier molecular flexibility index (Phi) is 6.84. The van der Waals surface area contributed by atoms with Gasteiger partial charge >= 0.3 is 0 Å². The number of amides is 1. The van der Waals surface area contributed by atoms with Gasteiger partial charge in [0.15, 0.2) is 0 Å². The van der Waals surface area contributed by atoms with Gasteiger partial charge < -0.3 is 5.73 Å². The minimum Gasteiger partial charge on any atom is -0.370 e. The molecule has 3 rings (SSSR count). The molecule has 0 unspecified atom stereocenters. The van der Waals surface area contributed by atoms with E-state index in [1.54, 1.807) is 0 Å². The molecule has 138 valence electrons. The Labute approximate surface area is 157 Å². The summed E-state index contributed by atoms with van der Waals surface area (Å²) in [6.07, 6.45) is 6.30. The fourth-order valence-corrected chi connectivity index (χ4v) is 4.12. The first kappa shape index (κ1) is 18.7. The molecule has 2 aromatic rings. The van der Waals surface area contributed by atoms with Crippen molar-refractivity contribution in [1.82, 2.24) is 4.90 Å². The molecular weight excluding hydrogens is 320 g/mol. The largest absolute Gasteiger partial charge is 0.370 e. The number of unbranched alkanes of at least 4 members (excludes halogenated alkanes) is 1. The molecule has 1 aliphatic heterocycles. The smallest absolute Gasteiger partial charge is 0.217 e. The Morgan fingerprint density at radius 1 is 0.923 bits per heavy atom. The number of rotatable bonds is 8. The highest BCUT2D eigenvalue weighted by molar-refractivity contribution is 5.73. The Morgan fingerprint density at radius 2 is 1.46 bits per heavy atom. The summed E-state index contributed by atoms with van der Waals surface area (Å²) in [5.74, 6) is 0.611. The van der Waals surface area contributed by atoms with Crippen molar-refractivity contribution in [1.29, 1.82) is 0 Å². The minimum atomic E-state index is -0.173. The van der Waals surface area contributed by atoms with E-state index >= 15 is 0 Å².